The number of carbonyl (C=O) groups is 4. The molecule has 2 aromatic rings. The molecule has 1 saturated heterocycles. The van der Waals surface area contributed by atoms with Gasteiger partial charge in [0.05, 0.1) is 31.9 Å². The molecule has 2 atom stereocenters. The Morgan fingerprint density at radius 3 is 2.61 bits per heavy atom. The molecule has 5 N–H and O–H groups in total. The number of guanidine groups is 1. The van der Waals surface area contributed by atoms with Crippen molar-refractivity contribution in [3.63, 3.8) is 0 Å². The molecule has 14 nitrogen and oxygen atoms in total. The zero-order valence-corrected chi connectivity index (χ0v) is 24.1. The fourth-order valence-electron chi connectivity index (χ4n) is 4.31. The summed E-state index contributed by atoms with van der Waals surface area (Å²) >= 11 is 1.13. The molecule has 1 aliphatic heterocycles. The number of aromatic nitrogens is 1. The summed E-state index contributed by atoms with van der Waals surface area (Å²) in [5, 5.41) is 14.4. The van der Waals surface area contributed by atoms with E-state index in [1.807, 2.05) is 0 Å². The number of carbonyl (C=O) groups excluding carboxylic acids is 4. The van der Waals surface area contributed by atoms with Crippen LogP contribution in [0, 0.1) is 5.41 Å². The summed E-state index contributed by atoms with van der Waals surface area (Å²) in [4.78, 5) is 56.7. The maximum atomic E-state index is 13.4. The van der Waals surface area contributed by atoms with Crippen LogP contribution in [0.1, 0.15) is 34.6 Å². The fourth-order valence-corrected chi connectivity index (χ4v) is 6.64. The Labute approximate surface area is 241 Å². The molecule has 0 bridgehead atoms. The van der Waals surface area contributed by atoms with Crippen molar-refractivity contribution >= 4 is 50.9 Å². The van der Waals surface area contributed by atoms with Crippen LogP contribution in [-0.2, 0) is 34.9 Å². The lowest BCUT2D eigenvalue weighted by molar-refractivity contribution is -0.149. The van der Waals surface area contributed by atoms with E-state index < -0.39 is 58.6 Å². The zero-order valence-electron chi connectivity index (χ0n) is 22.4. The highest BCUT2D eigenvalue weighted by molar-refractivity contribution is 7.88. The van der Waals surface area contributed by atoms with Crippen molar-refractivity contribution in [1.82, 2.24) is 24.8 Å². The fraction of sp³-hybridized carbons (Fsp3) is 0.440. The summed E-state index contributed by atoms with van der Waals surface area (Å²) < 4.78 is 32.2. The number of benzene rings is 1. The van der Waals surface area contributed by atoms with Crippen LogP contribution in [0.2, 0.25) is 0 Å². The molecule has 222 valence electrons. The van der Waals surface area contributed by atoms with Gasteiger partial charge >= 0.3 is 5.97 Å². The normalized spacial score (nSPS) is 16.6. The van der Waals surface area contributed by atoms with Crippen LogP contribution in [-0.4, -0.2) is 97.5 Å². The number of methoxy groups -OCH3 is 1. The molecule has 0 spiro atoms. The minimum atomic E-state index is -4.00. The lowest BCUT2D eigenvalue weighted by atomic mass is 10.1. The van der Waals surface area contributed by atoms with Gasteiger partial charge < -0.3 is 26.0 Å². The smallest absolute Gasteiger partial charge is 0.307 e. The van der Waals surface area contributed by atoms with Gasteiger partial charge in [0.25, 0.3) is 0 Å². The van der Waals surface area contributed by atoms with E-state index in [9.17, 15) is 27.6 Å². The summed E-state index contributed by atoms with van der Waals surface area (Å²) in [5.41, 5.74) is 5.81. The van der Waals surface area contributed by atoms with E-state index in [1.54, 1.807) is 35.7 Å². The molecule has 3 rings (SSSR count). The molecule has 0 radical (unpaired) electrons. The number of thiazole rings is 1. The van der Waals surface area contributed by atoms with Gasteiger partial charge in [-0.3, -0.25) is 24.6 Å². The molecule has 1 aliphatic rings. The third kappa shape index (κ3) is 9.06. The third-order valence-electron chi connectivity index (χ3n) is 6.29. The van der Waals surface area contributed by atoms with Gasteiger partial charge in [0.2, 0.25) is 27.6 Å². The minimum absolute atomic E-state index is 0.0917. The minimum Gasteiger partial charge on any atom is -0.469 e. The first kappa shape index (κ1) is 31.6. The molecular weight excluding hydrogens is 574 g/mol. The molecule has 0 aliphatic carbocycles. The van der Waals surface area contributed by atoms with Crippen LogP contribution < -0.4 is 16.4 Å². The van der Waals surface area contributed by atoms with Gasteiger partial charge in [-0.05, 0) is 18.4 Å². The van der Waals surface area contributed by atoms with Gasteiger partial charge in [0, 0.05) is 31.2 Å². The van der Waals surface area contributed by atoms with E-state index >= 15 is 0 Å². The summed E-state index contributed by atoms with van der Waals surface area (Å²) in [6.45, 7) is -0.365. The van der Waals surface area contributed by atoms with Gasteiger partial charge in [-0.2, -0.15) is 4.31 Å². The van der Waals surface area contributed by atoms with Crippen molar-refractivity contribution < 1.29 is 32.3 Å². The molecule has 1 aromatic heterocycles. The van der Waals surface area contributed by atoms with E-state index in [4.69, 9.17) is 15.9 Å². The number of amides is 2. The molecule has 2 amide bonds. The summed E-state index contributed by atoms with van der Waals surface area (Å²) in [5.74, 6) is -3.11. The van der Waals surface area contributed by atoms with Crippen molar-refractivity contribution in [3.8, 4) is 0 Å². The summed E-state index contributed by atoms with van der Waals surface area (Å²) in [7, 11) is -2.87. The van der Waals surface area contributed by atoms with Crippen molar-refractivity contribution in [3.05, 3.63) is 52.5 Å². The number of nitrogens with zero attached hydrogens (tertiary/aromatic N) is 3. The van der Waals surface area contributed by atoms with Crippen LogP contribution in [0.4, 0.5) is 0 Å². The van der Waals surface area contributed by atoms with Crippen LogP contribution >= 0.6 is 11.3 Å². The first-order chi connectivity index (χ1) is 19.5. The number of piperazine rings is 1. The maximum absolute atomic E-state index is 13.4. The number of ether oxygens (including phenoxy) is 1. The van der Waals surface area contributed by atoms with Crippen LogP contribution in [0.25, 0.3) is 0 Å². The van der Waals surface area contributed by atoms with Crippen molar-refractivity contribution in [1.29, 1.82) is 5.41 Å². The lowest BCUT2D eigenvalue weighted by Crippen LogP contribution is -2.61. The van der Waals surface area contributed by atoms with Crippen molar-refractivity contribution in [2.24, 2.45) is 5.73 Å². The van der Waals surface area contributed by atoms with E-state index in [0.717, 1.165) is 22.8 Å². The number of hydrogen-bond donors (Lipinski definition) is 4. The van der Waals surface area contributed by atoms with Gasteiger partial charge in [-0.25, -0.2) is 13.4 Å². The zero-order chi connectivity index (χ0) is 30.0. The van der Waals surface area contributed by atoms with E-state index in [-0.39, 0.29) is 36.2 Å². The second kappa shape index (κ2) is 14.7. The number of nitrogens with two attached hydrogens (primary N) is 1. The number of hydrogen-bond acceptors (Lipinski definition) is 10. The average molecular weight is 608 g/mol. The van der Waals surface area contributed by atoms with Crippen molar-refractivity contribution in [2.75, 3.05) is 33.3 Å². The highest BCUT2D eigenvalue weighted by atomic mass is 32.2. The van der Waals surface area contributed by atoms with Crippen LogP contribution in [0.5, 0.6) is 0 Å². The third-order valence-corrected chi connectivity index (χ3v) is 8.92. The highest BCUT2D eigenvalue weighted by Gasteiger charge is 2.43. The summed E-state index contributed by atoms with van der Waals surface area (Å²) in [6, 6.07) is 6.11. The number of sulfonamides is 1. The maximum Gasteiger partial charge on any atom is 0.307 e. The Kier molecular flexibility index (Phi) is 11.3. The van der Waals surface area contributed by atoms with E-state index in [1.165, 1.54) is 11.1 Å². The Hall–Kier alpha value is -3.89. The molecule has 16 heteroatoms. The van der Waals surface area contributed by atoms with Crippen LogP contribution in [0.15, 0.2) is 41.9 Å². The van der Waals surface area contributed by atoms with Gasteiger partial charge in [0.15, 0.2) is 11.0 Å². The molecular formula is C25H33N7O7S2. The number of Topliss-reactive ketones (excluding diaryl/α,β-unsaturated/α-hetero) is 1. The quantitative estimate of drug-likeness (QED) is 0.0724. The number of esters is 1. The first-order valence-corrected chi connectivity index (χ1v) is 15.2. The topological polar surface area (TPSA) is 205 Å². The van der Waals surface area contributed by atoms with Gasteiger partial charge in [-0.1, -0.05) is 30.3 Å². The number of nitrogens with one attached hydrogen (secondary N) is 3. The molecule has 2 heterocycles. The molecule has 41 heavy (non-hydrogen) atoms. The SMILES string of the molecule is COC(=O)C[C@H]1C(=O)N(CC(=O)N[C@@H](CCCNC(=N)N)C(=O)c2nccs2)CCN1S(=O)(=O)Cc1ccccc1. The molecule has 1 fully saturated rings. The van der Waals surface area contributed by atoms with E-state index in [2.05, 4.69) is 15.6 Å². The molecule has 1 aromatic carbocycles. The van der Waals surface area contributed by atoms with E-state index in [0.29, 0.717) is 18.5 Å². The summed E-state index contributed by atoms with van der Waals surface area (Å²) in [6.07, 6.45) is 1.57. The second-order valence-corrected chi connectivity index (χ2v) is 12.0. The predicted octanol–water partition coefficient (Wildman–Crippen LogP) is -0.320. The van der Waals surface area contributed by atoms with Gasteiger partial charge in [0.1, 0.15) is 6.04 Å². The standard InChI is InChI=1S/C25H33N7O7S2/c1-39-21(34)14-19-24(36)31(11-12-32(19)41(37,38)16-17-6-3-2-4-7-17)15-20(33)30-18(8-5-9-29-25(26)27)22(35)23-28-10-13-40-23/h2-4,6-7,10,13,18-19H,5,8-9,11-12,14-16H2,1H3,(H,30,33)(H4,26,27,29)/t18-,19-/m0/s1. The molecule has 0 saturated carbocycles. The van der Waals surface area contributed by atoms with Crippen molar-refractivity contribution in [2.45, 2.75) is 37.1 Å². The Morgan fingerprint density at radius 2 is 1.98 bits per heavy atom. The predicted molar refractivity (Wildman–Crippen MR) is 150 cm³/mol. The molecule has 0 unspecified atom stereocenters. The average Bonchev–Trinajstić information content (AvgIpc) is 3.47. The Morgan fingerprint density at radius 1 is 1.24 bits per heavy atom. The first-order valence-electron chi connectivity index (χ1n) is 12.7. The Bertz CT molecular complexity index is 1340. The number of ketones is 1. The van der Waals surface area contributed by atoms with Gasteiger partial charge in [-0.15, -0.1) is 11.3 Å². The highest BCUT2D eigenvalue weighted by Crippen LogP contribution is 2.22. The monoisotopic (exact) mass is 607 g/mol. The lowest BCUT2D eigenvalue weighted by Gasteiger charge is -2.39. The van der Waals surface area contributed by atoms with Crippen LogP contribution in [0.3, 0.4) is 0 Å². The Balaban J connectivity index is 1.71. The largest absolute Gasteiger partial charge is 0.469 e. The second-order valence-electron chi connectivity index (χ2n) is 9.21. The number of rotatable bonds is 14.